The topological polar surface area (TPSA) is 46.9 Å². The predicted molar refractivity (Wildman–Crippen MR) is 72.5 cm³/mol. The summed E-state index contributed by atoms with van der Waals surface area (Å²) in [4.78, 5) is 12.0. The van der Waals surface area contributed by atoms with Gasteiger partial charge in [-0.1, -0.05) is 19.8 Å². The fourth-order valence-electron chi connectivity index (χ4n) is 2.86. The Morgan fingerprint density at radius 2 is 2.11 bits per heavy atom. The minimum atomic E-state index is 0.135. The molecule has 100 valence electrons. The fraction of sp³-hybridized carbons (Fsp3) is 0.714. The van der Waals surface area contributed by atoms with E-state index in [1.807, 2.05) is 14.0 Å². The highest BCUT2D eigenvalue weighted by molar-refractivity contribution is 5.90. The predicted octanol–water partition coefficient (Wildman–Crippen LogP) is 2.81. The molecule has 1 aromatic rings. The van der Waals surface area contributed by atoms with E-state index in [1.54, 1.807) is 4.68 Å². The van der Waals surface area contributed by atoms with E-state index >= 15 is 0 Å². The Hall–Kier alpha value is -1.32. The minimum Gasteiger partial charge on any atom is -0.311 e. The van der Waals surface area contributed by atoms with E-state index in [2.05, 4.69) is 17.3 Å². The zero-order valence-corrected chi connectivity index (χ0v) is 11.6. The molecule has 4 nitrogen and oxygen atoms in total. The van der Waals surface area contributed by atoms with Gasteiger partial charge in [-0.25, -0.2) is 0 Å². The second-order valence-electron chi connectivity index (χ2n) is 5.30. The number of carbonyl (C=O) groups excluding carboxylic acids is 1. The van der Waals surface area contributed by atoms with E-state index in [0.717, 1.165) is 23.5 Å². The number of carbonyl (C=O) groups is 1. The van der Waals surface area contributed by atoms with E-state index in [9.17, 15) is 4.79 Å². The molecule has 1 N–H and O–H groups in total. The summed E-state index contributed by atoms with van der Waals surface area (Å²) >= 11 is 0. The van der Waals surface area contributed by atoms with Crippen LogP contribution in [0.3, 0.4) is 0 Å². The van der Waals surface area contributed by atoms with E-state index in [4.69, 9.17) is 0 Å². The van der Waals surface area contributed by atoms with E-state index in [-0.39, 0.29) is 5.91 Å². The number of aromatic nitrogens is 2. The normalized spacial score (nSPS) is 16.2. The Kier molecular flexibility index (Phi) is 4.04. The molecule has 1 aliphatic carbocycles. The lowest BCUT2D eigenvalue weighted by Gasteiger charge is -2.10. The van der Waals surface area contributed by atoms with Gasteiger partial charge in [-0.15, -0.1) is 0 Å². The number of aryl methyl sites for hydroxylation is 2. The molecule has 0 spiro atoms. The lowest BCUT2D eigenvalue weighted by atomic mass is 10.0. The summed E-state index contributed by atoms with van der Waals surface area (Å²) in [6.07, 6.45) is 6.53. The van der Waals surface area contributed by atoms with Crippen LogP contribution in [0.4, 0.5) is 5.82 Å². The van der Waals surface area contributed by atoms with Gasteiger partial charge in [0.1, 0.15) is 5.82 Å². The van der Waals surface area contributed by atoms with Crippen LogP contribution in [0.2, 0.25) is 0 Å². The maximum absolute atomic E-state index is 12.0. The first-order chi connectivity index (χ1) is 8.61. The molecule has 0 unspecified atom stereocenters. The summed E-state index contributed by atoms with van der Waals surface area (Å²) in [5, 5.41) is 7.44. The zero-order valence-electron chi connectivity index (χ0n) is 11.6. The number of amides is 1. The molecular weight excluding hydrogens is 226 g/mol. The third-order valence-electron chi connectivity index (χ3n) is 3.92. The Bertz CT molecular complexity index is 430. The molecule has 0 aliphatic heterocycles. The second kappa shape index (κ2) is 5.55. The van der Waals surface area contributed by atoms with Crippen molar-refractivity contribution in [3.8, 4) is 0 Å². The maximum atomic E-state index is 12.0. The first-order valence-electron chi connectivity index (χ1n) is 6.94. The molecule has 2 rings (SSSR count). The Morgan fingerprint density at radius 1 is 1.44 bits per heavy atom. The minimum absolute atomic E-state index is 0.135. The number of hydrogen-bond acceptors (Lipinski definition) is 2. The Morgan fingerprint density at radius 3 is 2.67 bits per heavy atom. The number of anilines is 1. The highest BCUT2D eigenvalue weighted by atomic mass is 16.1. The lowest BCUT2D eigenvalue weighted by molar-refractivity contribution is -0.117. The van der Waals surface area contributed by atoms with Crippen molar-refractivity contribution in [3.05, 3.63) is 11.3 Å². The van der Waals surface area contributed by atoms with Gasteiger partial charge < -0.3 is 5.32 Å². The highest BCUT2D eigenvalue weighted by Crippen LogP contribution is 2.28. The van der Waals surface area contributed by atoms with Crippen molar-refractivity contribution >= 4 is 11.7 Å². The van der Waals surface area contributed by atoms with Crippen LogP contribution >= 0.6 is 0 Å². The summed E-state index contributed by atoms with van der Waals surface area (Å²) in [6, 6.07) is 0. The summed E-state index contributed by atoms with van der Waals surface area (Å²) in [7, 11) is 1.89. The lowest BCUT2D eigenvalue weighted by Crippen LogP contribution is -2.17. The van der Waals surface area contributed by atoms with Gasteiger partial charge in [-0.05, 0) is 32.1 Å². The average Bonchev–Trinajstić information content (AvgIpc) is 2.92. The summed E-state index contributed by atoms with van der Waals surface area (Å²) in [6.45, 7) is 4.11. The number of nitrogens with one attached hydrogen (secondary N) is 1. The standard InChI is InChI=1S/C14H23N3O/c1-4-12-10(2)14(17(3)16-12)15-13(18)9-11-7-5-6-8-11/h11H,4-9H2,1-3H3,(H,15,18). The van der Waals surface area contributed by atoms with Crippen molar-refractivity contribution in [3.63, 3.8) is 0 Å². The van der Waals surface area contributed by atoms with Crippen molar-refractivity contribution in [1.29, 1.82) is 0 Å². The van der Waals surface area contributed by atoms with Crippen molar-refractivity contribution in [2.24, 2.45) is 13.0 Å². The molecule has 1 aromatic heterocycles. The Balaban J connectivity index is 1.99. The molecule has 4 heteroatoms. The molecule has 1 aliphatic rings. The highest BCUT2D eigenvalue weighted by Gasteiger charge is 2.20. The molecule has 1 amide bonds. The van der Waals surface area contributed by atoms with Gasteiger partial charge >= 0.3 is 0 Å². The quantitative estimate of drug-likeness (QED) is 0.892. The van der Waals surface area contributed by atoms with Gasteiger partial charge in [0, 0.05) is 19.0 Å². The van der Waals surface area contributed by atoms with Gasteiger partial charge in [0.25, 0.3) is 0 Å². The molecule has 1 heterocycles. The van der Waals surface area contributed by atoms with E-state index < -0.39 is 0 Å². The van der Waals surface area contributed by atoms with Crippen LogP contribution in [-0.4, -0.2) is 15.7 Å². The van der Waals surface area contributed by atoms with Crippen LogP contribution in [0.25, 0.3) is 0 Å². The molecule has 1 saturated carbocycles. The monoisotopic (exact) mass is 249 g/mol. The van der Waals surface area contributed by atoms with Crippen molar-refractivity contribution < 1.29 is 4.79 Å². The maximum Gasteiger partial charge on any atom is 0.225 e. The molecular formula is C14H23N3O. The molecule has 0 atom stereocenters. The van der Waals surface area contributed by atoms with E-state index in [1.165, 1.54) is 25.7 Å². The van der Waals surface area contributed by atoms with Gasteiger partial charge in [-0.3, -0.25) is 9.48 Å². The van der Waals surface area contributed by atoms with Crippen LogP contribution in [0.5, 0.6) is 0 Å². The first kappa shape index (κ1) is 13.1. The SMILES string of the molecule is CCc1nn(C)c(NC(=O)CC2CCCC2)c1C. The van der Waals surface area contributed by atoms with Gasteiger partial charge in [-0.2, -0.15) is 5.10 Å². The molecule has 0 aromatic carbocycles. The molecule has 0 saturated heterocycles. The average molecular weight is 249 g/mol. The fourth-order valence-corrected chi connectivity index (χ4v) is 2.86. The molecule has 0 radical (unpaired) electrons. The van der Waals surface area contributed by atoms with Crippen LogP contribution < -0.4 is 5.32 Å². The van der Waals surface area contributed by atoms with Crippen LogP contribution in [0.15, 0.2) is 0 Å². The zero-order chi connectivity index (χ0) is 13.1. The van der Waals surface area contributed by atoms with E-state index in [0.29, 0.717) is 12.3 Å². The third kappa shape index (κ3) is 2.74. The number of hydrogen-bond donors (Lipinski definition) is 1. The van der Waals surface area contributed by atoms with Gasteiger partial charge in [0.05, 0.1) is 5.69 Å². The van der Waals surface area contributed by atoms with Crippen molar-refractivity contribution in [1.82, 2.24) is 9.78 Å². The van der Waals surface area contributed by atoms with Crippen molar-refractivity contribution in [2.45, 2.75) is 52.4 Å². The van der Waals surface area contributed by atoms with Gasteiger partial charge in [0.2, 0.25) is 5.91 Å². The van der Waals surface area contributed by atoms with Crippen molar-refractivity contribution in [2.75, 3.05) is 5.32 Å². The summed E-state index contributed by atoms with van der Waals surface area (Å²) in [5.41, 5.74) is 2.16. The smallest absolute Gasteiger partial charge is 0.225 e. The number of nitrogens with zero attached hydrogens (tertiary/aromatic N) is 2. The summed E-state index contributed by atoms with van der Waals surface area (Å²) in [5.74, 6) is 1.58. The van der Waals surface area contributed by atoms with Crippen LogP contribution in [-0.2, 0) is 18.3 Å². The largest absolute Gasteiger partial charge is 0.311 e. The second-order valence-corrected chi connectivity index (χ2v) is 5.30. The summed E-state index contributed by atoms with van der Waals surface area (Å²) < 4.78 is 1.78. The van der Waals surface area contributed by atoms with Crippen LogP contribution in [0, 0.1) is 12.8 Å². The molecule has 0 bridgehead atoms. The number of rotatable bonds is 4. The van der Waals surface area contributed by atoms with Gasteiger partial charge in [0.15, 0.2) is 0 Å². The molecule has 1 fully saturated rings. The molecule has 18 heavy (non-hydrogen) atoms. The Labute approximate surface area is 109 Å². The van der Waals surface area contributed by atoms with Crippen LogP contribution in [0.1, 0.15) is 50.3 Å². The first-order valence-corrected chi connectivity index (χ1v) is 6.94. The third-order valence-corrected chi connectivity index (χ3v) is 3.92.